The number of nitrogens with one attached hydrogen (secondary N) is 1. The molecule has 8 heteroatoms. The fraction of sp³-hybridized carbons (Fsp3) is 0.280. The van der Waals surface area contributed by atoms with Crippen LogP contribution in [0, 0.1) is 11.3 Å². The maximum absolute atomic E-state index is 12.7. The Kier molecular flexibility index (Phi) is 7.01. The van der Waals surface area contributed by atoms with Crippen LogP contribution in [0.5, 0.6) is 0 Å². The second-order valence-electron chi connectivity index (χ2n) is 7.97. The first-order chi connectivity index (χ1) is 16.0. The highest BCUT2D eigenvalue weighted by Gasteiger charge is 2.28. The van der Waals surface area contributed by atoms with E-state index >= 15 is 0 Å². The lowest BCUT2D eigenvalue weighted by molar-refractivity contribution is -0.116. The number of rotatable bonds is 6. The van der Waals surface area contributed by atoms with Crippen LogP contribution in [0.15, 0.2) is 54.9 Å². The molecule has 1 unspecified atom stereocenters. The van der Waals surface area contributed by atoms with E-state index in [1.807, 2.05) is 37.3 Å². The Morgan fingerprint density at radius 1 is 1.24 bits per heavy atom. The summed E-state index contributed by atoms with van der Waals surface area (Å²) in [4.78, 5) is 31.7. The van der Waals surface area contributed by atoms with Crippen LogP contribution < -0.4 is 5.32 Å². The Hall–Kier alpha value is -3.70. The molecule has 4 rings (SSSR count). The van der Waals surface area contributed by atoms with E-state index < -0.39 is 6.09 Å². The maximum atomic E-state index is 12.7. The number of hydrogen-bond acceptors (Lipinski definition) is 6. The standard InChI is InChI=1S/C25H24N4O3S/c1-17(19-5-3-2-4-6-19)13-23(30)28-24-21(14-26)20-9-12-29(15-22(20)33-24)25(31)32-16-18-7-10-27-11-8-18/h2-8,10-11,17H,9,12-13,15-16H2,1H3,(H,28,30). The fourth-order valence-electron chi connectivity index (χ4n) is 3.84. The molecule has 0 fully saturated rings. The number of anilines is 1. The van der Waals surface area contributed by atoms with Crippen LogP contribution in [-0.4, -0.2) is 28.4 Å². The first-order valence-electron chi connectivity index (χ1n) is 10.7. The molecule has 0 spiro atoms. The SMILES string of the molecule is CC(CC(=O)Nc1sc2c(c1C#N)CCN(C(=O)OCc1ccncc1)C2)c1ccccc1. The van der Waals surface area contributed by atoms with E-state index in [0.29, 0.717) is 36.5 Å². The normalized spacial score (nSPS) is 13.5. The second kappa shape index (κ2) is 10.3. The zero-order valence-corrected chi connectivity index (χ0v) is 19.1. The molecule has 3 heterocycles. The molecule has 0 bridgehead atoms. The van der Waals surface area contributed by atoms with Gasteiger partial charge in [-0.25, -0.2) is 4.79 Å². The van der Waals surface area contributed by atoms with Crippen LogP contribution in [0.3, 0.4) is 0 Å². The molecule has 3 aromatic rings. The fourth-order valence-corrected chi connectivity index (χ4v) is 5.07. The van der Waals surface area contributed by atoms with Gasteiger partial charge in [0.1, 0.15) is 17.7 Å². The molecule has 33 heavy (non-hydrogen) atoms. The lowest BCUT2D eigenvalue weighted by atomic mass is 9.97. The molecule has 7 nitrogen and oxygen atoms in total. The first-order valence-corrected chi connectivity index (χ1v) is 11.6. The largest absolute Gasteiger partial charge is 0.445 e. The van der Waals surface area contributed by atoms with E-state index in [-0.39, 0.29) is 18.4 Å². The van der Waals surface area contributed by atoms with Gasteiger partial charge in [-0.15, -0.1) is 11.3 Å². The average molecular weight is 461 g/mol. The van der Waals surface area contributed by atoms with Gasteiger partial charge in [-0.1, -0.05) is 37.3 Å². The zero-order chi connectivity index (χ0) is 23.2. The van der Waals surface area contributed by atoms with Crippen LogP contribution in [0.1, 0.15) is 46.4 Å². The number of aromatic nitrogens is 1. The lowest BCUT2D eigenvalue weighted by Crippen LogP contribution is -2.35. The summed E-state index contributed by atoms with van der Waals surface area (Å²) < 4.78 is 5.43. The van der Waals surface area contributed by atoms with Gasteiger partial charge in [-0.3, -0.25) is 9.78 Å². The summed E-state index contributed by atoms with van der Waals surface area (Å²) in [6.07, 6.45) is 3.79. The molecule has 2 amide bonds. The Bertz CT molecular complexity index is 1170. The summed E-state index contributed by atoms with van der Waals surface area (Å²) in [5.74, 6) is -0.0629. The van der Waals surface area contributed by atoms with Crippen LogP contribution in [-0.2, 0) is 29.1 Å². The van der Waals surface area contributed by atoms with Crippen molar-refractivity contribution in [1.29, 1.82) is 5.26 Å². The third kappa shape index (κ3) is 5.38. The van der Waals surface area contributed by atoms with E-state index in [9.17, 15) is 14.9 Å². The molecule has 2 aromatic heterocycles. The first kappa shape index (κ1) is 22.5. The van der Waals surface area contributed by atoms with E-state index in [4.69, 9.17) is 4.74 Å². The summed E-state index contributed by atoms with van der Waals surface area (Å²) in [6.45, 7) is 3.01. The lowest BCUT2D eigenvalue weighted by Gasteiger charge is -2.26. The van der Waals surface area contributed by atoms with Crippen molar-refractivity contribution in [3.05, 3.63) is 82.0 Å². The smallest absolute Gasteiger partial charge is 0.410 e. The Labute approximate surface area is 196 Å². The van der Waals surface area contributed by atoms with Crippen molar-refractivity contribution in [1.82, 2.24) is 9.88 Å². The number of pyridine rings is 1. The minimum atomic E-state index is -0.397. The monoisotopic (exact) mass is 460 g/mol. The Morgan fingerprint density at radius 3 is 2.73 bits per heavy atom. The predicted molar refractivity (Wildman–Crippen MR) is 126 cm³/mol. The van der Waals surface area contributed by atoms with Gasteiger partial charge in [0.15, 0.2) is 0 Å². The summed E-state index contributed by atoms with van der Waals surface area (Å²) in [7, 11) is 0. The molecule has 0 aliphatic carbocycles. The van der Waals surface area contributed by atoms with Crippen molar-refractivity contribution in [3.63, 3.8) is 0 Å². The van der Waals surface area contributed by atoms with Crippen molar-refractivity contribution in [2.75, 3.05) is 11.9 Å². The number of fused-ring (bicyclic) bond motifs is 1. The van der Waals surface area contributed by atoms with Gasteiger partial charge in [0, 0.05) is 30.2 Å². The highest BCUT2D eigenvalue weighted by atomic mass is 32.1. The summed E-state index contributed by atoms with van der Waals surface area (Å²) >= 11 is 1.36. The Balaban J connectivity index is 1.39. The number of ether oxygens (including phenoxy) is 1. The maximum Gasteiger partial charge on any atom is 0.410 e. The minimum absolute atomic E-state index is 0.0666. The number of nitriles is 1. The van der Waals surface area contributed by atoms with Crippen molar-refractivity contribution in [3.8, 4) is 6.07 Å². The van der Waals surface area contributed by atoms with E-state index in [1.54, 1.807) is 29.4 Å². The van der Waals surface area contributed by atoms with Gasteiger partial charge in [0.2, 0.25) is 5.91 Å². The highest BCUT2D eigenvalue weighted by Crippen LogP contribution is 2.37. The van der Waals surface area contributed by atoms with Crippen molar-refractivity contribution < 1.29 is 14.3 Å². The number of thiophene rings is 1. The molecular formula is C25H24N4O3S. The second-order valence-corrected chi connectivity index (χ2v) is 9.07. The topological polar surface area (TPSA) is 95.3 Å². The molecule has 1 atom stereocenters. The van der Waals surface area contributed by atoms with E-state index in [2.05, 4.69) is 16.4 Å². The van der Waals surface area contributed by atoms with Crippen LogP contribution in [0.2, 0.25) is 0 Å². The molecule has 1 aliphatic heterocycles. The molecule has 1 N–H and O–H groups in total. The van der Waals surface area contributed by atoms with E-state index in [0.717, 1.165) is 21.6 Å². The number of amides is 2. The molecule has 0 saturated heterocycles. The Morgan fingerprint density at radius 2 is 2.00 bits per heavy atom. The quantitative estimate of drug-likeness (QED) is 0.568. The molecule has 0 saturated carbocycles. The number of benzene rings is 1. The van der Waals surface area contributed by atoms with E-state index in [1.165, 1.54) is 11.3 Å². The molecule has 1 aromatic carbocycles. The molecule has 1 aliphatic rings. The third-order valence-electron chi connectivity index (χ3n) is 5.65. The summed E-state index contributed by atoms with van der Waals surface area (Å²) in [5.41, 5.74) is 3.38. The van der Waals surface area contributed by atoms with Crippen LogP contribution in [0.25, 0.3) is 0 Å². The average Bonchev–Trinajstić information content (AvgIpc) is 3.19. The minimum Gasteiger partial charge on any atom is -0.445 e. The van der Waals surface area contributed by atoms with Gasteiger partial charge in [0.05, 0.1) is 12.1 Å². The highest BCUT2D eigenvalue weighted by molar-refractivity contribution is 7.16. The molecular weight excluding hydrogens is 436 g/mol. The van der Waals surface area contributed by atoms with Crippen LogP contribution >= 0.6 is 11.3 Å². The number of nitrogens with zero attached hydrogens (tertiary/aromatic N) is 3. The number of carbonyl (C=O) groups is 2. The zero-order valence-electron chi connectivity index (χ0n) is 18.3. The molecule has 0 radical (unpaired) electrons. The van der Waals surface area contributed by atoms with Gasteiger partial charge in [-0.05, 0) is 41.2 Å². The predicted octanol–water partition coefficient (Wildman–Crippen LogP) is 4.84. The van der Waals surface area contributed by atoms with Gasteiger partial charge in [0.25, 0.3) is 0 Å². The van der Waals surface area contributed by atoms with Crippen molar-refractivity contribution in [2.45, 2.75) is 38.8 Å². The van der Waals surface area contributed by atoms with Gasteiger partial charge >= 0.3 is 6.09 Å². The van der Waals surface area contributed by atoms with Crippen molar-refractivity contribution in [2.24, 2.45) is 0 Å². The number of carbonyl (C=O) groups excluding carboxylic acids is 2. The van der Waals surface area contributed by atoms with Crippen LogP contribution in [0.4, 0.5) is 9.80 Å². The van der Waals surface area contributed by atoms with Crippen molar-refractivity contribution >= 4 is 28.3 Å². The number of hydrogen-bond donors (Lipinski definition) is 1. The molecule has 168 valence electrons. The van der Waals surface area contributed by atoms with Gasteiger partial charge in [-0.2, -0.15) is 5.26 Å². The third-order valence-corrected chi connectivity index (χ3v) is 6.78. The summed E-state index contributed by atoms with van der Waals surface area (Å²) in [6, 6.07) is 15.7. The van der Waals surface area contributed by atoms with Gasteiger partial charge < -0.3 is 15.0 Å². The summed E-state index contributed by atoms with van der Waals surface area (Å²) in [5, 5.41) is 13.2.